The first-order chi connectivity index (χ1) is 9.27. The average molecular weight is 350 g/mol. The fourth-order valence-electron chi connectivity index (χ4n) is 1.47. The molecule has 0 aliphatic carbocycles. The van der Waals surface area contributed by atoms with Gasteiger partial charge in [0, 0.05) is 6.07 Å². The predicted octanol–water partition coefficient (Wildman–Crippen LogP) is 4.98. The second kappa shape index (κ2) is 5.32. The molecule has 2 nitrogen and oxygen atoms in total. The highest BCUT2D eigenvalue weighted by atomic mass is 79.9. The normalized spacial score (nSPS) is 11.4. The van der Waals surface area contributed by atoms with Crippen LogP contribution in [0, 0.1) is 5.82 Å². The molecule has 20 heavy (non-hydrogen) atoms. The van der Waals surface area contributed by atoms with E-state index in [1.165, 1.54) is 6.07 Å². The zero-order valence-electron chi connectivity index (χ0n) is 9.84. The zero-order valence-corrected chi connectivity index (χ0v) is 11.4. The Morgan fingerprint density at radius 1 is 1.05 bits per heavy atom. The fraction of sp³-hybridized carbons (Fsp3) is 0.0769. The van der Waals surface area contributed by atoms with Gasteiger partial charge in [0.2, 0.25) is 0 Å². The maximum Gasteiger partial charge on any atom is 0.416 e. The van der Waals surface area contributed by atoms with Gasteiger partial charge in [-0.2, -0.15) is 13.2 Å². The summed E-state index contributed by atoms with van der Waals surface area (Å²) in [7, 11) is 0. The summed E-state index contributed by atoms with van der Waals surface area (Å²) in [5, 5.41) is 0. The van der Waals surface area contributed by atoms with Crippen LogP contribution in [0.25, 0.3) is 0 Å². The van der Waals surface area contributed by atoms with Gasteiger partial charge in [-0.15, -0.1) is 0 Å². The number of anilines is 1. The van der Waals surface area contributed by atoms with E-state index in [2.05, 4.69) is 15.9 Å². The van der Waals surface area contributed by atoms with Crippen molar-refractivity contribution in [2.75, 3.05) is 5.73 Å². The van der Waals surface area contributed by atoms with Crippen molar-refractivity contribution in [2.24, 2.45) is 0 Å². The van der Waals surface area contributed by atoms with Gasteiger partial charge in [0.05, 0.1) is 15.7 Å². The standard InChI is InChI=1S/C13H8BrF4NO/c14-9-5-11(19)12(6-10(9)15)20-8-3-1-7(2-4-8)13(16,17)18/h1-6H,19H2. The van der Waals surface area contributed by atoms with E-state index in [1.54, 1.807) is 0 Å². The molecular weight excluding hydrogens is 342 g/mol. The van der Waals surface area contributed by atoms with E-state index in [0.29, 0.717) is 0 Å². The molecule has 0 spiro atoms. The molecule has 0 aromatic heterocycles. The van der Waals surface area contributed by atoms with Gasteiger partial charge < -0.3 is 10.5 Å². The Bertz CT molecular complexity index is 626. The highest BCUT2D eigenvalue weighted by molar-refractivity contribution is 9.10. The van der Waals surface area contributed by atoms with Gasteiger partial charge >= 0.3 is 6.18 Å². The Hall–Kier alpha value is -1.76. The molecule has 0 radical (unpaired) electrons. The number of halogens is 5. The molecule has 0 heterocycles. The number of ether oxygens (including phenoxy) is 1. The van der Waals surface area contributed by atoms with Gasteiger partial charge in [0.25, 0.3) is 0 Å². The summed E-state index contributed by atoms with van der Waals surface area (Å²) < 4.78 is 56.0. The first-order valence-corrected chi connectivity index (χ1v) is 6.16. The zero-order chi connectivity index (χ0) is 14.9. The van der Waals surface area contributed by atoms with Gasteiger partial charge in [-0.3, -0.25) is 0 Å². The van der Waals surface area contributed by atoms with E-state index >= 15 is 0 Å². The molecule has 0 fully saturated rings. The van der Waals surface area contributed by atoms with Crippen LogP contribution in [0.1, 0.15) is 5.56 Å². The molecule has 2 N–H and O–H groups in total. The molecule has 0 saturated heterocycles. The van der Waals surface area contributed by atoms with Crippen molar-refractivity contribution >= 4 is 21.6 Å². The third kappa shape index (κ3) is 3.22. The summed E-state index contributed by atoms with van der Waals surface area (Å²) in [6.45, 7) is 0. The molecule has 0 aliphatic heterocycles. The summed E-state index contributed by atoms with van der Waals surface area (Å²) in [6.07, 6.45) is -4.42. The number of hydrogen-bond donors (Lipinski definition) is 1. The van der Waals surface area contributed by atoms with Crippen LogP contribution in [0.5, 0.6) is 11.5 Å². The van der Waals surface area contributed by atoms with Crippen LogP contribution in [0.3, 0.4) is 0 Å². The van der Waals surface area contributed by atoms with E-state index in [4.69, 9.17) is 10.5 Å². The van der Waals surface area contributed by atoms with Crippen LogP contribution < -0.4 is 10.5 Å². The molecule has 0 bridgehead atoms. The van der Waals surface area contributed by atoms with Crippen LogP contribution >= 0.6 is 15.9 Å². The van der Waals surface area contributed by atoms with Gasteiger partial charge in [-0.05, 0) is 46.3 Å². The van der Waals surface area contributed by atoms with Crippen molar-refractivity contribution in [1.82, 2.24) is 0 Å². The largest absolute Gasteiger partial charge is 0.455 e. The summed E-state index contributed by atoms with van der Waals surface area (Å²) in [6, 6.07) is 6.40. The molecule has 7 heteroatoms. The molecule has 2 aromatic carbocycles. The van der Waals surface area contributed by atoms with E-state index in [1.807, 2.05) is 0 Å². The van der Waals surface area contributed by atoms with Gasteiger partial charge in [0.15, 0.2) is 5.75 Å². The van der Waals surface area contributed by atoms with E-state index in [0.717, 1.165) is 30.3 Å². The second-order valence-electron chi connectivity index (χ2n) is 3.93. The van der Waals surface area contributed by atoms with Crippen molar-refractivity contribution in [3.8, 4) is 11.5 Å². The SMILES string of the molecule is Nc1cc(Br)c(F)cc1Oc1ccc(C(F)(F)F)cc1. The number of alkyl halides is 3. The van der Waals surface area contributed by atoms with Gasteiger partial charge in [-0.1, -0.05) is 0 Å². The molecule has 0 aliphatic rings. The van der Waals surface area contributed by atoms with Gasteiger partial charge in [-0.25, -0.2) is 4.39 Å². The number of benzene rings is 2. The molecular formula is C13H8BrF4NO. The summed E-state index contributed by atoms with van der Waals surface area (Å²) >= 11 is 2.96. The Labute approximate surface area is 120 Å². The van der Waals surface area contributed by atoms with E-state index in [-0.39, 0.29) is 21.7 Å². The van der Waals surface area contributed by atoms with Crippen molar-refractivity contribution in [2.45, 2.75) is 6.18 Å². The number of rotatable bonds is 2. The lowest BCUT2D eigenvalue weighted by Crippen LogP contribution is -2.04. The highest BCUT2D eigenvalue weighted by Crippen LogP contribution is 2.34. The first kappa shape index (κ1) is 14.6. The first-order valence-electron chi connectivity index (χ1n) is 5.37. The van der Waals surface area contributed by atoms with E-state index in [9.17, 15) is 17.6 Å². The minimum atomic E-state index is -4.42. The van der Waals surface area contributed by atoms with Crippen LogP contribution in [0.15, 0.2) is 40.9 Å². The number of nitrogens with two attached hydrogens (primary N) is 1. The molecule has 0 amide bonds. The lowest BCUT2D eigenvalue weighted by atomic mass is 10.2. The maximum absolute atomic E-state index is 13.4. The Morgan fingerprint density at radius 3 is 2.20 bits per heavy atom. The quantitative estimate of drug-likeness (QED) is 0.612. The monoisotopic (exact) mass is 349 g/mol. The molecule has 2 rings (SSSR count). The predicted molar refractivity (Wildman–Crippen MR) is 70.0 cm³/mol. The van der Waals surface area contributed by atoms with Crippen molar-refractivity contribution in [3.63, 3.8) is 0 Å². The fourth-order valence-corrected chi connectivity index (χ4v) is 1.83. The molecule has 0 saturated carbocycles. The molecule has 0 unspecified atom stereocenters. The Kier molecular flexibility index (Phi) is 3.89. The smallest absolute Gasteiger partial charge is 0.416 e. The van der Waals surface area contributed by atoms with Crippen LogP contribution in [0.2, 0.25) is 0 Å². The van der Waals surface area contributed by atoms with E-state index < -0.39 is 17.6 Å². The number of hydrogen-bond acceptors (Lipinski definition) is 2. The van der Waals surface area contributed by atoms with Crippen molar-refractivity contribution < 1.29 is 22.3 Å². The summed E-state index contributed by atoms with van der Waals surface area (Å²) in [4.78, 5) is 0. The van der Waals surface area contributed by atoms with Crippen molar-refractivity contribution in [1.29, 1.82) is 0 Å². The summed E-state index contributed by atoms with van der Waals surface area (Å²) in [5.41, 5.74) is 5.01. The van der Waals surface area contributed by atoms with Gasteiger partial charge in [0.1, 0.15) is 11.6 Å². The third-order valence-electron chi connectivity index (χ3n) is 2.46. The topological polar surface area (TPSA) is 35.2 Å². The minimum Gasteiger partial charge on any atom is -0.455 e. The molecule has 2 aromatic rings. The van der Waals surface area contributed by atoms with Crippen LogP contribution in [0.4, 0.5) is 23.2 Å². The Balaban J connectivity index is 2.25. The maximum atomic E-state index is 13.4. The van der Waals surface area contributed by atoms with Crippen LogP contribution in [-0.2, 0) is 6.18 Å². The average Bonchev–Trinajstić information content (AvgIpc) is 2.35. The molecule has 106 valence electrons. The number of nitrogen functional groups attached to an aromatic ring is 1. The van der Waals surface area contributed by atoms with Crippen molar-refractivity contribution in [3.05, 3.63) is 52.3 Å². The lowest BCUT2D eigenvalue weighted by Gasteiger charge is -2.11. The molecule has 0 atom stereocenters. The second-order valence-corrected chi connectivity index (χ2v) is 4.78. The highest BCUT2D eigenvalue weighted by Gasteiger charge is 2.30. The minimum absolute atomic E-state index is 0.0328. The summed E-state index contributed by atoms with van der Waals surface area (Å²) in [5.74, 6) is -0.419. The van der Waals surface area contributed by atoms with Crippen LogP contribution in [-0.4, -0.2) is 0 Å². The Morgan fingerprint density at radius 2 is 1.65 bits per heavy atom. The lowest BCUT2D eigenvalue weighted by molar-refractivity contribution is -0.137. The third-order valence-corrected chi connectivity index (χ3v) is 3.07.